The summed E-state index contributed by atoms with van der Waals surface area (Å²) in [6.07, 6.45) is 2.13. The highest BCUT2D eigenvalue weighted by molar-refractivity contribution is 6.14. The van der Waals surface area contributed by atoms with Gasteiger partial charge in [-0.05, 0) is 42.7 Å². The molecule has 7 heteroatoms. The van der Waals surface area contributed by atoms with Gasteiger partial charge in [-0.1, -0.05) is 32.4 Å². The molecule has 0 bridgehead atoms. The Labute approximate surface area is 162 Å². The zero-order valence-electron chi connectivity index (χ0n) is 16.2. The van der Waals surface area contributed by atoms with E-state index < -0.39 is 11.5 Å². The van der Waals surface area contributed by atoms with Gasteiger partial charge in [0, 0.05) is 11.6 Å². The van der Waals surface area contributed by atoms with E-state index in [-0.39, 0.29) is 23.8 Å². The molecule has 0 saturated carbocycles. The summed E-state index contributed by atoms with van der Waals surface area (Å²) in [5.74, 6) is 0.0710. The Morgan fingerprint density at radius 3 is 2.57 bits per heavy atom. The molecule has 1 aromatic carbocycles. The predicted molar refractivity (Wildman–Crippen MR) is 107 cm³/mol. The van der Waals surface area contributed by atoms with Crippen LogP contribution in [0.15, 0.2) is 44.6 Å². The maximum Gasteiger partial charge on any atom is 0.349 e. The zero-order chi connectivity index (χ0) is 20.3. The number of anilines is 1. The molecule has 146 valence electrons. The van der Waals surface area contributed by atoms with Gasteiger partial charge in [0.15, 0.2) is 0 Å². The number of carbonyl (C=O) groups excluding carboxylic acids is 2. The van der Waals surface area contributed by atoms with Gasteiger partial charge in [0.1, 0.15) is 11.3 Å². The molecule has 1 atom stereocenters. The fraction of sp³-hybridized carbons (Fsp3) is 0.333. The minimum Gasteiger partial charge on any atom is -0.427 e. The quantitative estimate of drug-likeness (QED) is 0.801. The topological polar surface area (TPSA) is 101 Å². The van der Waals surface area contributed by atoms with E-state index in [1.165, 1.54) is 0 Å². The standard InChI is InChI=1S/C21H23N3O4/c1-4-5-12(2)17-10-13(3)19(21(27)28-17)20(26)22-15-8-6-14(7-9-15)16-11-18(25)24-23-16/h6-10,12H,4-5,11H2,1-3H3,(H,22,26)(H,24,25). The van der Waals surface area contributed by atoms with Gasteiger partial charge < -0.3 is 9.73 Å². The van der Waals surface area contributed by atoms with Crippen molar-refractivity contribution in [2.24, 2.45) is 5.10 Å². The van der Waals surface area contributed by atoms with Gasteiger partial charge in [-0.25, -0.2) is 10.2 Å². The van der Waals surface area contributed by atoms with Crippen LogP contribution in [-0.4, -0.2) is 17.5 Å². The van der Waals surface area contributed by atoms with Crippen molar-refractivity contribution in [1.29, 1.82) is 0 Å². The number of nitrogens with one attached hydrogen (secondary N) is 2. The summed E-state index contributed by atoms with van der Waals surface area (Å²) in [6.45, 7) is 5.81. The fourth-order valence-corrected chi connectivity index (χ4v) is 3.19. The van der Waals surface area contributed by atoms with E-state index in [2.05, 4.69) is 22.8 Å². The molecule has 7 nitrogen and oxygen atoms in total. The highest BCUT2D eigenvalue weighted by atomic mass is 16.4. The number of rotatable bonds is 6. The molecule has 0 radical (unpaired) electrons. The van der Waals surface area contributed by atoms with Crippen LogP contribution >= 0.6 is 0 Å². The molecule has 0 fully saturated rings. The lowest BCUT2D eigenvalue weighted by atomic mass is 10.0. The van der Waals surface area contributed by atoms with Crippen LogP contribution < -0.4 is 16.4 Å². The Morgan fingerprint density at radius 1 is 1.29 bits per heavy atom. The number of benzene rings is 1. The van der Waals surface area contributed by atoms with Crippen molar-refractivity contribution in [2.75, 3.05) is 5.32 Å². The first kappa shape index (κ1) is 19.5. The van der Waals surface area contributed by atoms with Crippen molar-refractivity contribution in [1.82, 2.24) is 5.43 Å². The summed E-state index contributed by atoms with van der Waals surface area (Å²) in [5.41, 5.74) is 4.35. The SMILES string of the molecule is CCCC(C)c1cc(C)c(C(=O)Nc2ccc(C3=NNC(=O)C3)cc2)c(=O)o1. The minimum atomic E-state index is -0.628. The summed E-state index contributed by atoms with van der Waals surface area (Å²) in [6, 6.07) is 8.70. The summed E-state index contributed by atoms with van der Waals surface area (Å²) in [4.78, 5) is 36.2. The summed E-state index contributed by atoms with van der Waals surface area (Å²) in [7, 11) is 0. The van der Waals surface area contributed by atoms with E-state index in [0.29, 0.717) is 22.7 Å². The highest BCUT2D eigenvalue weighted by Gasteiger charge is 2.20. The maximum atomic E-state index is 12.6. The second-order valence-corrected chi connectivity index (χ2v) is 6.99. The summed E-state index contributed by atoms with van der Waals surface area (Å²) >= 11 is 0. The molecule has 1 aliphatic rings. The summed E-state index contributed by atoms with van der Waals surface area (Å²) < 4.78 is 5.39. The lowest BCUT2D eigenvalue weighted by Crippen LogP contribution is -2.23. The van der Waals surface area contributed by atoms with E-state index >= 15 is 0 Å². The molecule has 2 aromatic rings. The Kier molecular flexibility index (Phi) is 5.73. The Balaban J connectivity index is 1.76. The molecule has 0 aliphatic carbocycles. The summed E-state index contributed by atoms with van der Waals surface area (Å²) in [5, 5.41) is 6.68. The van der Waals surface area contributed by atoms with E-state index in [4.69, 9.17) is 4.42 Å². The predicted octanol–water partition coefficient (Wildman–Crippen LogP) is 3.33. The third-order valence-electron chi connectivity index (χ3n) is 4.72. The van der Waals surface area contributed by atoms with Crippen molar-refractivity contribution in [3.63, 3.8) is 0 Å². The molecule has 1 aromatic heterocycles. The third-order valence-corrected chi connectivity index (χ3v) is 4.72. The molecule has 2 heterocycles. The molecular weight excluding hydrogens is 358 g/mol. The minimum absolute atomic E-state index is 0.00601. The average Bonchev–Trinajstić information content (AvgIpc) is 3.08. The van der Waals surface area contributed by atoms with E-state index in [1.54, 1.807) is 37.3 Å². The van der Waals surface area contributed by atoms with Gasteiger partial charge in [-0.2, -0.15) is 5.10 Å². The monoisotopic (exact) mass is 381 g/mol. The van der Waals surface area contributed by atoms with Crippen molar-refractivity contribution >= 4 is 23.2 Å². The van der Waals surface area contributed by atoms with Crippen LogP contribution in [-0.2, 0) is 4.79 Å². The van der Waals surface area contributed by atoms with Crippen molar-refractivity contribution in [3.8, 4) is 0 Å². The van der Waals surface area contributed by atoms with Gasteiger partial charge in [0.05, 0.1) is 12.1 Å². The molecule has 1 unspecified atom stereocenters. The molecule has 0 saturated heterocycles. The third kappa shape index (κ3) is 4.19. The lowest BCUT2D eigenvalue weighted by molar-refractivity contribution is -0.119. The number of hydrazone groups is 1. The smallest absolute Gasteiger partial charge is 0.349 e. The first-order valence-electron chi connectivity index (χ1n) is 9.31. The number of hydrogen-bond acceptors (Lipinski definition) is 5. The van der Waals surface area contributed by atoms with Crippen LogP contribution in [0, 0.1) is 6.92 Å². The van der Waals surface area contributed by atoms with Crippen molar-refractivity contribution < 1.29 is 14.0 Å². The average molecular weight is 381 g/mol. The number of carbonyl (C=O) groups is 2. The Morgan fingerprint density at radius 2 is 2.00 bits per heavy atom. The second-order valence-electron chi connectivity index (χ2n) is 6.99. The molecule has 2 amide bonds. The lowest BCUT2D eigenvalue weighted by Gasteiger charge is -2.12. The largest absolute Gasteiger partial charge is 0.427 e. The fourth-order valence-electron chi connectivity index (χ4n) is 3.19. The van der Waals surface area contributed by atoms with Crippen LogP contribution in [0.5, 0.6) is 0 Å². The van der Waals surface area contributed by atoms with Gasteiger partial charge in [-0.3, -0.25) is 9.59 Å². The Bertz CT molecular complexity index is 990. The molecule has 1 aliphatic heterocycles. The second kappa shape index (κ2) is 8.21. The van der Waals surface area contributed by atoms with Gasteiger partial charge in [-0.15, -0.1) is 0 Å². The van der Waals surface area contributed by atoms with Crippen LogP contribution in [0.4, 0.5) is 5.69 Å². The first-order valence-corrected chi connectivity index (χ1v) is 9.31. The number of aryl methyl sites for hydroxylation is 1. The van der Waals surface area contributed by atoms with Gasteiger partial charge in [0.25, 0.3) is 5.91 Å². The van der Waals surface area contributed by atoms with E-state index in [9.17, 15) is 14.4 Å². The molecule has 28 heavy (non-hydrogen) atoms. The van der Waals surface area contributed by atoms with Gasteiger partial charge in [0.2, 0.25) is 5.91 Å². The van der Waals surface area contributed by atoms with Crippen LogP contribution in [0.3, 0.4) is 0 Å². The Hall–Kier alpha value is -3.22. The number of amides is 2. The van der Waals surface area contributed by atoms with Crippen molar-refractivity contribution in [2.45, 2.75) is 46.0 Å². The van der Waals surface area contributed by atoms with E-state index in [1.807, 2.05) is 6.92 Å². The highest BCUT2D eigenvalue weighted by Crippen LogP contribution is 2.21. The van der Waals surface area contributed by atoms with Crippen molar-refractivity contribution in [3.05, 3.63) is 63.2 Å². The molecule has 0 spiro atoms. The van der Waals surface area contributed by atoms with Gasteiger partial charge >= 0.3 is 5.63 Å². The number of nitrogens with zero attached hydrogens (tertiary/aromatic N) is 1. The van der Waals surface area contributed by atoms with Crippen LogP contribution in [0.1, 0.15) is 66.3 Å². The van der Waals surface area contributed by atoms with E-state index in [0.717, 1.165) is 18.4 Å². The van der Waals surface area contributed by atoms with Crippen LogP contribution in [0.25, 0.3) is 0 Å². The first-order chi connectivity index (χ1) is 13.4. The van der Waals surface area contributed by atoms with Crippen LogP contribution in [0.2, 0.25) is 0 Å². The normalized spacial score (nSPS) is 14.4. The molecule has 3 rings (SSSR count). The zero-order valence-corrected chi connectivity index (χ0v) is 16.2. The number of hydrogen-bond donors (Lipinski definition) is 2. The maximum absolute atomic E-state index is 12.6. The molecular formula is C21H23N3O4. The molecule has 2 N–H and O–H groups in total.